The first-order valence-corrected chi connectivity index (χ1v) is 10.5. The van der Waals surface area contributed by atoms with Gasteiger partial charge in [-0.1, -0.05) is 41.1 Å². The number of hydrogen-bond donors (Lipinski definition) is 1. The van der Waals surface area contributed by atoms with Crippen molar-refractivity contribution < 1.29 is 9.59 Å². The van der Waals surface area contributed by atoms with Gasteiger partial charge in [-0.05, 0) is 56.2 Å². The molecule has 28 heavy (non-hydrogen) atoms. The van der Waals surface area contributed by atoms with Crippen molar-refractivity contribution in [3.63, 3.8) is 0 Å². The molecular weight excluding hydrogens is 394 g/mol. The van der Waals surface area contributed by atoms with Crippen LogP contribution >= 0.6 is 23.4 Å². The molecule has 0 radical (unpaired) electrons. The summed E-state index contributed by atoms with van der Waals surface area (Å²) in [6, 6.07) is 15.0. The van der Waals surface area contributed by atoms with Crippen LogP contribution in [-0.2, 0) is 9.59 Å². The molecule has 1 aliphatic carbocycles. The SMILES string of the molecule is Cc1ccc(N=C2S[C@H](CC(=O)Nc3ccc(Cl)cc3)C(=O)N2C2CC2)cc1. The molecule has 1 saturated heterocycles. The molecule has 1 saturated carbocycles. The highest BCUT2D eigenvalue weighted by Crippen LogP contribution is 2.39. The Morgan fingerprint density at radius 2 is 1.86 bits per heavy atom. The lowest BCUT2D eigenvalue weighted by Crippen LogP contribution is -2.35. The molecular formula is C21H20ClN3O2S. The van der Waals surface area contributed by atoms with Gasteiger partial charge < -0.3 is 5.32 Å². The lowest BCUT2D eigenvalue weighted by Gasteiger charge is -2.15. The zero-order valence-electron chi connectivity index (χ0n) is 15.4. The summed E-state index contributed by atoms with van der Waals surface area (Å²) in [6.45, 7) is 2.02. The smallest absolute Gasteiger partial charge is 0.242 e. The monoisotopic (exact) mass is 413 g/mol. The first-order chi connectivity index (χ1) is 13.5. The Balaban J connectivity index is 1.47. The van der Waals surface area contributed by atoms with E-state index >= 15 is 0 Å². The normalized spacial score (nSPS) is 20.6. The Morgan fingerprint density at radius 1 is 1.18 bits per heavy atom. The van der Waals surface area contributed by atoms with E-state index < -0.39 is 5.25 Å². The summed E-state index contributed by atoms with van der Waals surface area (Å²) >= 11 is 7.25. The molecule has 1 heterocycles. The van der Waals surface area contributed by atoms with Gasteiger partial charge in [-0.3, -0.25) is 14.5 Å². The number of aliphatic imine (C=N–C) groups is 1. The number of carbonyl (C=O) groups is 2. The lowest BCUT2D eigenvalue weighted by atomic mass is 10.2. The molecule has 0 unspecified atom stereocenters. The van der Waals surface area contributed by atoms with Crippen LogP contribution < -0.4 is 5.32 Å². The number of anilines is 1. The highest BCUT2D eigenvalue weighted by Gasteiger charge is 2.46. The van der Waals surface area contributed by atoms with Crippen LogP contribution in [0.1, 0.15) is 24.8 Å². The van der Waals surface area contributed by atoms with E-state index in [-0.39, 0.29) is 24.3 Å². The summed E-state index contributed by atoms with van der Waals surface area (Å²) in [5.41, 5.74) is 2.64. The molecule has 7 heteroatoms. The maximum absolute atomic E-state index is 12.9. The molecule has 0 bridgehead atoms. The van der Waals surface area contributed by atoms with Crippen LogP contribution in [0.15, 0.2) is 53.5 Å². The second-order valence-electron chi connectivity index (χ2n) is 7.04. The number of amides is 2. The highest BCUT2D eigenvalue weighted by molar-refractivity contribution is 8.15. The molecule has 2 aliphatic rings. The number of halogens is 1. The molecule has 0 aromatic heterocycles. The van der Waals surface area contributed by atoms with Crippen molar-refractivity contribution >= 4 is 51.7 Å². The zero-order chi connectivity index (χ0) is 19.7. The van der Waals surface area contributed by atoms with Crippen molar-refractivity contribution in [2.45, 2.75) is 37.5 Å². The van der Waals surface area contributed by atoms with E-state index in [1.165, 1.54) is 11.8 Å². The number of nitrogens with one attached hydrogen (secondary N) is 1. The number of rotatable bonds is 5. The minimum absolute atomic E-state index is 0.0235. The predicted octanol–water partition coefficient (Wildman–Crippen LogP) is 4.77. The van der Waals surface area contributed by atoms with E-state index in [1.54, 1.807) is 29.2 Å². The van der Waals surface area contributed by atoms with Crippen LogP contribution in [0.4, 0.5) is 11.4 Å². The van der Waals surface area contributed by atoms with Crippen molar-refractivity contribution in [1.82, 2.24) is 4.90 Å². The summed E-state index contributed by atoms with van der Waals surface area (Å²) in [4.78, 5) is 31.8. The maximum Gasteiger partial charge on any atom is 0.242 e. The molecule has 2 aromatic rings. The van der Waals surface area contributed by atoms with Crippen LogP contribution in [-0.4, -0.2) is 33.2 Å². The van der Waals surface area contributed by atoms with E-state index in [9.17, 15) is 9.59 Å². The highest BCUT2D eigenvalue weighted by atomic mass is 35.5. The van der Waals surface area contributed by atoms with E-state index in [0.29, 0.717) is 15.9 Å². The van der Waals surface area contributed by atoms with Crippen LogP contribution in [0.3, 0.4) is 0 Å². The Labute approximate surface area is 173 Å². The third-order valence-corrected chi connectivity index (χ3v) is 6.04. The molecule has 2 amide bonds. The van der Waals surface area contributed by atoms with Crippen molar-refractivity contribution in [3.05, 3.63) is 59.1 Å². The van der Waals surface area contributed by atoms with Crippen molar-refractivity contribution in [1.29, 1.82) is 0 Å². The number of aryl methyl sites for hydroxylation is 1. The Hall–Kier alpha value is -2.31. The van der Waals surface area contributed by atoms with Gasteiger partial charge in [-0.25, -0.2) is 4.99 Å². The van der Waals surface area contributed by atoms with Crippen LogP contribution in [0.25, 0.3) is 0 Å². The number of hydrogen-bond acceptors (Lipinski definition) is 4. The first kappa shape index (κ1) is 19.0. The average Bonchev–Trinajstić information content (AvgIpc) is 3.45. The van der Waals surface area contributed by atoms with Gasteiger partial charge in [-0.2, -0.15) is 0 Å². The Kier molecular flexibility index (Phi) is 5.42. The summed E-state index contributed by atoms with van der Waals surface area (Å²) in [6.07, 6.45) is 2.09. The average molecular weight is 414 g/mol. The van der Waals surface area contributed by atoms with Gasteiger partial charge in [0.2, 0.25) is 11.8 Å². The summed E-state index contributed by atoms with van der Waals surface area (Å²) < 4.78 is 0. The quantitative estimate of drug-likeness (QED) is 0.767. The topological polar surface area (TPSA) is 61.8 Å². The standard InChI is InChI=1S/C21H20ClN3O2S/c1-13-2-6-16(7-3-13)24-21-25(17-10-11-17)20(27)18(28-21)12-19(26)23-15-8-4-14(22)5-9-15/h2-9,17-18H,10-12H2,1H3,(H,23,26)/t18-/m1/s1. The van der Waals surface area contributed by atoms with Crippen LogP contribution in [0, 0.1) is 6.92 Å². The number of benzene rings is 2. The Morgan fingerprint density at radius 3 is 2.50 bits per heavy atom. The fourth-order valence-corrected chi connectivity index (χ4v) is 4.35. The second kappa shape index (κ2) is 7.97. The van der Waals surface area contributed by atoms with E-state index in [1.807, 2.05) is 31.2 Å². The van der Waals surface area contributed by atoms with Crippen LogP contribution in [0.2, 0.25) is 5.02 Å². The van der Waals surface area contributed by atoms with Crippen molar-refractivity contribution in [2.75, 3.05) is 5.32 Å². The largest absolute Gasteiger partial charge is 0.326 e. The molecule has 1 atom stereocenters. The summed E-state index contributed by atoms with van der Waals surface area (Å²) in [5.74, 6) is -0.217. The fraction of sp³-hybridized carbons (Fsp3) is 0.286. The molecule has 144 valence electrons. The van der Waals surface area contributed by atoms with Gasteiger partial charge in [0.1, 0.15) is 5.25 Å². The van der Waals surface area contributed by atoms with Gasteiger partial charge in [0.25, 0.3) is 0 Å². The molecule has 2 aromatic carbocycles. The Bertz CT molecular complexity index is 924. The summed E-state index contributed by atoms with van der Waals surface area (Å²) in [5, 5.41) is 3.68. The number of carbonyl (C=O) groups excluding carboxylic acids is 2. The van der Waals surface area contributed by atoms with Gasteiger partial charge in [0.15, 0.2) is 5.17 Å². The van der Waals surface area contributed by atoms with Gasteiger partial charge in [-0.15, -0.1) is 0 Å². The molecule has 4 rings (SSSR count). The minimum atomic E-state index is -0.447. The van der Waals surface area contributed by atoms with Crippen molar-refractivity contribution in [2.24, 2.45) is 4.99 Å². The third kappa shape index (κ3) is 4.39. The zero-order valence-corrected chi connectivity index (χ0v) is 17.0. The van der Waals surface area contributed by atoms with E-state index in [4.69, 9.17) is 11.6 Å². The molecule has 1 aliphatic heterocycles. The second-order valence-corrected chi connectivity index (χ2v) is 8.64. The molecule has 1 N–H and O–H groups in total. The minimum Gasteiger partial charge on any atom is -0.326 e. The first-order valence-electron chi connectivity index (χ1n) is 9.20. The fourth-order valence-electron chi connectivity index (χ4n) is 3.01. The van der Waals surface area contributed by atoms with Gasteiger partial charge in [0.05, 0.1) is 5.69 Å². The van der Waals surface area contributed by atoms with Gasteiger partial charge in [0, 0.05) is 23.2 Å². The molecule has 2 fully saturated rings. The third-order valence-electron chi connectivity index (χ3n) is 4.64. The lowest BCUT2D eigenvalue weighted by molar-refractivity contribution is -0.128. The van der Waals surface area contributed by atoms with Gasteiger partial charge >= 0.3 is 0 Å². The maximum atomic E-state index is 12.9. The van der Waals surface area contributed by atoms with Crippen LogP contribution in [0.5, 0.6) is 0 Å². The van der Waals surface area contributed by atoms with E-state index in [0.717, 1.165) is 24.1 Å². The number of amidine groups is 1. The predicted molar refractivity (Wildman–Crippen MR) is 114 cm³/mol. The number of thioether (sulfide) groups is 1. The molecule has 5 nitrogen and oxygen atoms in total. The molecule has 0 spiro atoms. The number of nitrogens with zero attached hydrogens (tertiary/aromatic N) is 2. The van der Waals surface area contributed by atoms with E-state index in [2.05, 4.69) is 10.3 Å². The van der Waals surface area contributed by atoms with Crippen molar-refractivity contribution in [3.8, 4) is 0 Å². The summed E-state index contributed by atoms with van der Waals surface area (Å²) in [7, 11) is 0.